The van der Waals surface area contributed by atoms with E-state index in [2.05, 4.69) is 15.9 Å². The predicted molar refractivity (Wildman–Crippen MR) is 63.8 cm³/mol. The summed E-state index contributed by atoms with van der Waals surface area (Å²) in [4.78, 5) is 22.6. The number of aromatic nitrogens is 1. The Labute approximate surface area is 99.3 Å². The van der Waals surface area contributed by atoms with Crippen LogP contribution in [0.1, 0.15) is 10.4 Å². The number of halogens is 1. The van der Waals surface area contributed by atoms with Crippen LogP contribution in [0.4, 0.5) is 0 Å². The summed E-state index contributed by atoms with van der Waals surface area (Å²) in [7, 11) is 1.56. The van der Waals surface area contributed by atoms with E-state index in [9.17, 15) is 9.59 Å². The molecule has 0 spiro atoms. The van der Waals surface area contributed by atoms with Crippen molar-refractivity contribution >= 4 is 32.8 Å². The number of aryl methyl sites for hydroxylation is 1. The van der Waals surface area contributed by atoms with Crippen LogP contribution in [0, 0.1) is 0 Å². The number of aromatic carboxylic acids is 1. The zero-order valence-electron chi connectivity index (χ0n) is 8.40. The Bertz CT molecular complexity index is 645. The molecule has 0 atom stereocenters. The fraction of sp³-hybridized carbons (Fsp3) is 0.0909. The molecule has 0 fully saturated rings. The van der Waals surface area contributed by atoms with Crippen molar-refractivity contribution in [1.29, 1.82) is 0 Å². The van der Waals surface area contributed by atoms with E-state index in [0.717, 1.165) is 4.47 Å². The van der Waals surface area contributed by atoms with Gasteiger partial charge in [0.05, 0.1) is 5.52 Å². The van der Waals surface area contributed by atoms with Gasteiger partial charge in [0.15, 0.2) is 0 Å². The van der Waals surface area contributed by atoms with Gasteiger partial charge in [-0.2, -0.15) is 0 Å². The van der Waals surface area contributed by atoms with Gasteiger partial charge < -0.3 is 9.67 Å². The van der Waals surface area contributed by atoms with Crippen LogP contribution in [0.25, 0.3) is 10.9 Å². The first-order chi connectivity index (χ1) is 7.52. The molecule has 1 N–H and O–H groups in total. The Morgan fingerprint density at radius 2 is 2.12 bits per heavy atom. The molecular weight excluding hydrogens is 274 g/mol. The van der Waals surface area contributed by atoms with E-state index in [4.69, 9.17) is 5.11 Å². The molecule has 0 saturated heterocycles. The number of rotatable bonds is 1. The number of carboxylic acids is 1. The third-order valence-corrected chi connectivity index (χ3v) is 3.06. The normalized spacial score (nSPS) is 10.6. The van der Waals surface area contributed by atoms with Crippen LogP contribution < -0.4 is 5.56 Å². The van der Waals surface area contributed by atoms with Crippen molar-refractivity contribution in [2.75, 3.05) is 0 Å². The monoisotopic (exact) mass is 281 g/mol. The maximum Gasteiger partial charge on any atom is 0.341 e. The molecule has 16 heavy (non-hydrogen) atoms. The highest BCUT2D eigenvalue weighted by atomic mass is 79.9. The zero-order valence-corrected chi connectivity index (χ0v) is 9.98. The van der Waals surface area contributed by atoms with Gasteiger partial charge in [-0.25, -0.2) is 4.79 Å². The van der Waals surface area contributed by atoms with Gasteiger partial charge in [-0.3, -0.25) is 4.79 Å². The van der Waals surface area contributed by atoms with E-state index in [-0.39, 0.29) is 5.56 Å². The van der Waals surface area contributed by atoms with Gasteiger partial charge >= 0.3 is 5.97 Å². The first kappa shape index (κ1) is 10.9. The van der Waals surface area contributed by atoms with Gasteiger partial charge in [-0.05, 0) is 28.1 Å². The average Bonchev–Trinajstić information content (AvgIpc) is 2.22. The number of para-hydroxylation sites is 1. The Morgan fingerprint density at radius 3 is 2.75 bits per heavy atom. The highest BCUT2D eigenvalue weighted by molar-refractivity contribution is 9.10. The summed E-state index contributed by atoms with van der Waals surface area (Å²) in [5.74, 6) is -1.21. The minimum Gasteiger partial charge on any atom is -0.477 e. The van der Waals surface area contributed by atoms with Gasteiger partial charge in [0.2, 0.25) is 0 Å². The molecule has 1 aromatic carbocycles. The molecule has 0 unspecified atom stereocenters. The second-order valence-electron chi connectivity index (χ2n) is 3.41. The first-order valence-electron chi connectivity index (χ1n) is 4.54. The van der Waals surface area contributed by atoms with Crippen molar-refractivity contribution in [3.05, 3.63) is 44.7 Å². The zero-order chi connectivity index (χ0) is 11.9. The summed E-state index contributed by atoms with van der Waals surface area (Å²) >= 11 is 3.34. The predicted octanol–water partition coefficient (Wildman–Crippen LogP) is 2.00. The number of hydrogen-bond acceptors (Lipinski definition) is 2. The minimum absolute atomic E-state index is 0.215. The second kappa shape index (κ2) is 3.75. The first-order valence-corrected chi connectivity index (χ1v) is 5.33. The molecule has 1 heterocycles. The Balaban J connectivity index is 3.00. The number of hydrogen-bond donors (Lipinski definition) is 1. The molecule has 0 aliphatic carbocycles. The second-order valence-corrected chi connectivity index (χ2v) is 4.26. The largest absolute Gasteiger partial charge is 0.477 e. The van der Waals surface area contributed by atoms with Gasteiger partial charge in [0.25, 0.3) is 5.56 Å². The van der Waals surface area contributed by atoms with Crippen LogP contribution in [-0.2, 0) is 7.05 Å². The van der Waals surface area contributed by atoms with Crippen LogP contribution in [0.3, 0.4) is 0 Å². The molecule has 2 rings (SSSR count). The molecular formula is C11H8BrNO3. The van der Waals surface area contributed by atoms with Crippen molar-refractivity contribution in [2.24, 2.45) is 7.05 Å². The quantitative estimate of drug-likeness (QED) is 0.870. The number of benzene rings is 1. The molecule has 0 radical (unpaired) electrons. The summed E-state index contributed by atoms with van der Waals surface area (Å²) in [6.07, 6.45) is 0. The topological polar surface area (TPSA) is 59.3 Å². The third kappa shape index (κ3) is 1.53. The van der Waals surface area contributed by atoms with E-state index in [1.165, 1.54) is 10.6 Å². The van der Waals surface area contributed by atoms with E-state index >= 15 is 0 Å². The van der Waals surface area contributed by atoms with Crippen LogP contribution in [0.15, 0.2) is 33.5 Å². The van der Waals surface area contributed by atoms with Crippen molar-refractivity contribution < 1.29 is 9.90 Å². The molecule has 0 aliphatic rings. The lowest BCUT2D eigenvalue weighted by Gasteiger charge is -2.07. The highest BCUT2D eigenvalue weighted by Gasteiger charge is 2.13. The van der Waals surface area contributed by atoms with E-state index < -0.39 is 11.5 Å². The van der Waals surface area contributed by atoms with Gasteiger partial charge in [-0.15, -0.1) is 0 Å². The van der Waals surface area contributed by atoms with Crippen molar-refractivity contribution in [3.63, 3.8) is 0 Å². The number of nitrogens with zero attached hydrogens (tertiary/aromatic N) is 1. The minimum atomic E-state index is -1.21. The molecule has 0 amide bonds. The highest BCUT2D eigenvalue weighted by Crippen LogP contribution is 2.22. The van der Waals surface area contributed by atoms with E-state index in [1.807, 2.05) is 6.07 Å². The fourth-order valence-electron chi connectivity index (χ4n) is 1.66. The average molecular weight is 282 g/mol. The maximum absolute atomic E-state index is 11.7. The summed E-state index contributed by atoms with van der Waals surface area (Å²) in [5, 5.41) is 9.61. The summed E-state index contributed by atoms with van der Waals surface area (Å²) in [6.45, 7) is 0. The third-order valence-electron chi connectivity index (χ3n) is 2.42. The number of pyridine rings is 1. The molecule has 0 bridgehead atoms. The molecule has 0 saturated carbocycles. The van der Waals surface area contributed by atoms with Crippen molar-refractivity contribution in [1.82, 2.24) is 4.57 Å². The molecule has 0 aliphatic heterocycles. The molecule has 5 heteroatoms. The van der Waals surface area contributed by atoms with Gasteiger partial charge in [-0.1, -0.05) is 12.1 Å². The lowest BCUT2D eigenvalue weighted by atomic mass is 10.1. The SMILES string of the molecule is Cn1c(=O)c(C(=O)O)cc2cccc(Br)c21. The van der Waals surface area contributed by atoms with E-state index in [0.29, 0.717) is 10.9 Å². The standard InChI is InChI=1S/C11H8BrNO3/c1-13-9-6(3-2-4-8(9)12)5-7(10(13)14)11(15)16/h2-5H,1H3,(H,15,16). The number of carboxylic acid groups (broad SMARTS) is 1. The maximum atomic E-state index is 11.7. The Morgan fingerprint density at radius 1 is 1.44 bits per heavy atom. The van der Waals surface area contributed by atoms with Crippen LogP contribution >= 0.6 is 15.9 Å². The molecule has 4 nitrogen and oxygen atoms in total. The lowest BCUT2D eigenvalue weighted by Crippen LogP contribution is -2.24. The Hall–Kier alpha value is -1.62. The summed E-state index contributed by atoms with van der Waals surface area (Å²) in [5.41, 5.74) is -0.0301. The van der Waals surface area contributed by atoms with Crippen LogP contribution in [-0.4, -0.2) is 15.6 Å². The van der Waals surface area contributed by atoms with Gasteiger partial charge in [0, 0.05) is 16.9 Å². The van der Waals surface area contributed by atoms with Crippen molar-refractivity contribution in [2.45, 2.75) is 0 Å². The van der Waals surface area contributed by atoms with Crippen LogP contribution in [0.5, 0.6) is 0 Å². The lowest BCUT2D eigenvalue weighted by molar-refractivity contribution is 0.0694. The van der Waals surface area contributed by atoms with Crippen LogP contribution in [0.2, 0.25) is 0 Å². The van der Waals surface area contributed by atoms with Gasteiger partial charge in [0.1, 0.15) is 5.56 Å². The number of carbonyl (C=O) groups is 1. The molecule has 2 aromatic rings. The molecule has 1 aromatic heterocycles. The number of fused-ring (bicyclic) bond motifs is 1. The van der Waals surface area contributed by atoms with E-state index in [1.54, 1.807) is 19.2 Å². The molecule has 82 valence electrons. The fourth-order valence-corrected chi connectivity index (χ4v) is 2.30. The summed E-state index contributed by atoms with van der Waals surface area (Å²) < 4.78 is 2.10. The Kier molecular flexibility index (Phi) is 2.55. The smallest absolute Gasteiger partial charge is 0.341 e. The summed E-state index contributed by atoms with van der Waals surface area (Å²) in [6, 6.07) is 6.77. The van der Waals surface area contributed by atoms with Crippen molar-refractivity contribution in [3.8, 4) is 0 Å².